The fraction of sp³-hybridized carbons (Fsp3) is 0.923. The maximum Gasteiger partial charge on any atom is 0.231 e. The smallest absolute Gasteiger partial charge is 0.231 e. The number of carbonyl (C=O) groups is 1. The fourth-order valence-electron chi connectivity index (χ4n) is 3.29. The van der Waals surface area contributed by atoms with E-state index in [9.17, 15) is 4.79 Å². The van der Waals surface area contributed by atoms with Crippen LogP contribution in [0.3, 0.4) is 0 Å². The number of primary amides is 1. The number of carbonyl (C=O) groups excluding carboxylic acids is 1. The predicted octanol–water partition coefficient (Wildman–Crippen LogP) is 0.858. The zero-order valence-corrected chi connectivity index (χ0v) is 10.7. The second kappa shape index (κ2) is 6.36. The molecule has 0 aromatic heterocycles. The molecule has 2 aliphatic rings. The Kier molecular flexibility index (Phi) is 4.80. The highest BCUT2D eigenvalue weighted by Crippen LogP contribution is 2.26. The molecule has 4 heteroatoms. The van der Waals surface area contributed by atoms with Gasteiger partial charge in [0.1, 0.15) is 0 Å². The SMILES string of the molecule is NC(=O)CN(C1CCCCC1)C1CCNCC1. The highest BCUT2D eigenvalue weighted by atomic mass is 16.1. The monoisotopic (exact) mass is 239 g/mol. The second-order valence-electron chi connectivity index (χ2n) is 5.41. The summed E-state index contributed by atoms with van der Waals surface area (Å²) in [5, 5.41) is 3.38. The molecule has 0 spiro atoms. The van der Waals surface area contributed by atoms with Crippen LogP contribution in [0.1, 0.15) is 44.9 Å². The van der Waals surface area contributed by atoms with Crippen molar-refractivity contribution in [2.75, 3.05) is 19.6 Å². The summed E-state index contributed by atoms with van der Waals surface area (Å²) in [6, 6.07) is 1.16. The molecule has 0 atom stereocenters. The number of hydrogen-bond donors (Lipinski definition) is 2. The zero-order chi connectivity index (χ0) is 12.1. The molecule has 1 heterocycles. The Morgan fingerprint density at radius 3 is 2.24 bits per heavy atom. The number of nitrogens with two attached hydrogens (primary N) is 1. The van der Waals surface area contributed by atoms with Crippen LogP contribution in [-0.2, 0) is 4.79 Å². The van der Waals surface area contributed by atoms with E-state index in [1.807, 2.05) is 0 Å². The molecule has 2 fully saturated rings. The maximum atomic E-state index is 11.3. The van der Waals surface area contributed by atoms with Gasteiger partial charge in [0.15, 0.2) is 0 Å². The molecule has 1 aliphatic heterocycles. The summed E-state index contributed by atoms with van der Waals surface area (Å²) in [4.78, 5) is 13.7. The van der Waals surface area contributed by atoms with Gasteiger partial charge in [-0.15, -0.1) is 0 Å². The van der Waals surface area contributed by atoms with Crippen LogP contribution < -0.4 is 11.1 Å². The maximum absolute atomic E-state index is 11.3. The van der Waals surface area contributed by atoms with Crippen molar-refractivity contribution in [2.24, 2.45) is 5.73 Å². The van der Waals surface area contributed by atoms with Gasteiger partial charge in [-0.3, -0.25) is 9.69 Å². The van der Waals surface area contributed by atoms with E-state index in [2.05, 4.69) is 10.2 Å². The van der Waals surface area contributed by atoms with Gasteiger partial charge < -0.3 is 11.1 Å². The highest BCUT2D eigenvalue weighted by molar-refractivity contribution is 5.76. The summed E-state index contributed by atoms with van der Waals surface area (Å²) in [7, 11) is 0. The molecule has 1 saturated heterocycles. The average molecular weight is 239 g/mol. The van der Waals surface area contributed by atoms with E-state index in [0.717, 1.165) is 25.9 Å². The van der Waals surface area contributed by atoms with Crippen LogP contribution in [0, 0.1) is 0 Å². The van der Waals surface area contributed by atoms with Crippen molar-refractivity contribution in [1.29, 1.82) is 0 Å². The first-order chi connectivity index (χ1) is 8.27. The molecule has 17 heavy (non-hydrogen) atoms. The van der Waals surface area contributed by atoms with E-state index in [1.54, 1.807) is 0 Å². The molecule has 1 saturated carbocycles. The van der Waals surface area contributed by atoms with E-state index >= 15 is 0 Å². The normalized spacial score (nSPS) is 24.1. The number of nitrogens with one attached hydrogen (secondary N) is 1. The number of amides is 1. The lowest BCUT2D eigenvalue weighted by molar-refractivity contribution is -0.120. The molecule has 3 N–H and O–H groups in total. The molecular formula is C13H25N3O. The van der Waals surface area contributed by atoms with Crippen LogP contribution in [-0.4, -0.2) is 42.5 Å². The third-order valence-corrected chi connectivity index (χ3v) is 4.16. The molecule has 0 unspecified atom stereocenters. The van der Waals surface area contributed by atoms with Crippen LogP contribution in [0.5, 0.6) is 0 Å². The predicted molar refractivity (Wildman–Crippen MR) is 68.7 cm³/mol. The molecule has 0 bridgehead atoms. The molecule has 0 radical (unpaired) electrons. The summed E-state index contributed by atoms with van der Waals surface area (Å²) < 4.78 is 0. The van der Waals surface area contributed by atoms with E-state index in [0.29, 0.717) is 18.6 Å². The standard InChI is InChI=1S/C13H25N3O/c14-13(17)10-16(11-4-2-1-3-5-11)12-6-8-15-9-7-12/h11-12,15H,1-10H2,(H2,14,17). The number of rotatable bonds is 4. The minimum atomic E-state index is -0.172. The number of nitrogens with zero attached hydrogens (tertiary/aromatic N) is 1. The first-order valence-corrected chi connectivity index (χ1v) is 7.02. The average Bonchev–Trinajstić information content (AvgIpc) is 2.38. The van der Waals surface area contributed by atoms with E-state index in [1.165, 1.54) is 32.1 Å². The van der Waals surface area contributed by atoms with Crippen LogP contribution >= 0.6 is 0 Å². The Morgan fingerprint density at radius 2 is 1.65 bits per heavy atom. The van der Waals surface area contributed by atoms with Crippen LogP contribution in [0.4, 0.5) is 0 Å². The molecule has 0 aromatic rings. The number of hydrogen-bond acceptors (Lipinski definition) is 3. The van der Waals surface area contributed by atoms with Crippen molar-refractivity contribution in [3.05, 3.63) is 0 Å². The van der Waals surface area contributed by atoms with Crippen LogP contribution in [0.15, 0.2) is 0 Å². The summed E-state index contributed by atoms with van der Waals surface area (Å²) >= 11 is 0. The van der Waals surface area contributed by atoms with Crippen molar-refractivity contribution in [1.82, 2.24) is 10.2 Å². The second-order valence-corrected chi connectivity index (χ2v) is 5.41. The molecule has 1 aliphatic carbocycles. The van der Waals surface area contributed by atoms with Gasteiger partial charge in [0.25, 0.3) is 0 Å². The Hall–Kier alpha value is -0.610. The number of piperidine rings is 1. The van der Waals surface area contributed by atoms with E-state index < -0.39 is 0 Å². The lowest BCUT2D eigenvalue weighted by Crippen LogP contribution is -2.51. The van der Waals surface area contributed by atoms with Gasteiger partial charge in [0.05, 0.1) is 6.54 Å². The molecular weight excluding hydrogens is 214 g/mol. The van der Waals surface area contributed by atoms with Gasteiger partial charge in [-0.2, -0.15) is 0 Å². The molecule has 2 rings (SSSR count). The summed E-state index contributed by atoms with van der Waals surface area (Å²) in [6.07, 6.45) is 8.78. The Bertz CT molecular complexity index is 227. The Labute approximate surface area is 104 Å². The van der Waals surface area contributed by atoms with E-state index in [-0.39, 0.29) is 5.91 Å². The quantitative estimate of drug-likeness (QED) is 0.765. The van der Waals surface area contributed by atoms with Crippen LogP contribution in [0.25, 0.3) is 0 Å². The Balaban J connectivity index is 1.97. The van der Waals surface area contributed by atoms with Gasteiger partial charge >= 0.3 is 0 Å². The fourth-order valence-corrected chi connectivity index (χ4v) is 3.29. The molecule has 4 nitrogen and oxygen atoms in total. The van der Waals surface area contributed by atoms with Gasteiger partial charge in [0.2, 0.25) is 5.91 Å². The van der Waals surface area contributed by atoms with E-state index in [4.69, 9.17) is 5.73 Å². The van der Waals surface area contributed by atoms with Crippen molar-refractivity contribution in [3.63, 3.8) is 0 Å². The van der Waals surface area contributed by atoms with Crippen LogP contribution in [0.2, 0.25) is 0 Å². The zero-order valence-electron chi connectivity index (χ0n) is 10.7. The first kappa shape index (κ1) is 12.8. The van der Waals surface area contributed by atoms with Gasteiger partial charge in [-0.1, -0.05) is 19.3 Å². The molecule has 0 aromatic carbocycles. The summed E-state index contributed by atoms with van der Waals surface area (Å²) in [6.45, 7) is 2.61. The van der Waals surface area contributed by atoms with Crippen molar-refractivity contribution < 1.29 is 4.79 Å². The topological polar surface area (TPSA) is 58.4 Å². The van der Waals surface area contributed by atoms with Crippen molar-refractivity contribution >= 4 is 5.91 Å². The lowest BCUT2D eigenvalue weighted by atomic mass is 9.91. The Morgan fingerprint density at radius 1 is 1.06 bits per heavy atom. The third kappa shape index (κ3) is 3.68. The molecule has 98 valence electrons. The van der Waals surface area contributed by atoms with Gasteiger partial charge in [0, 0.05) is 12.1 Å². The van der Waals surface area contributed by atoms with Gasteiger partial charge in [-0.25, -0.2) is 0 Å². The van der Waals surface area contributed by atoms with Gasteiger partial charge in [-0.05, 0) is 38.8 Å². The minimum absolute atomic E-state index is 0.172. The largest absolute Gasteiger partial charge is 0.369 e. The summed E-state index contributed by atoms with van der Waals surface area (Å²) in [5.74, 6) is -0.172. The third-order valence-electron chi connectivity index (χ3n) is 4.16. The lowest BCUT2D eigenvalue weighted by Gasteiger charge is -2.41. The first-order valence-electron chi connectivity index (χ1n) is 7.02. The molecule has 1 amide bonds. The summed E-state index contributed by atoms with van der Waals surface area (Å²) in [5.41, 5.74) is 5.41. The van der Waals surface area contributed by atoms with Crippen molar-refractivity contribution in [3.8, 4) is 0 Å². The highest BCUT2D eigenvalue weighted by Gasteiger charge is 2.29. The minimum Gasteiger partial charge on any atom is -0.369 e. The van der Waals surface area contributed by atoms with Crippen molar-refractivity contribution in [2.45, 2.75) is 57.0 Å².